The van der Waals surface area contributed by atoms with Crippen LogP contribution < -0.4 is 0 Å². The van der Waals surface area contributed by atoms with Gasteiger partial charge >= 0.3 is 0 Å². The van der Waals surface area contributed by atoms with Crippen LogP contribution in [-0.4, -0.2) is 24.6 Å². The van der Waals surface area contributed by atoms with Crippen LogP contribution in [0.2, 0.25) is 0 Å². The van der Waals surface area contributed by atoms with Gasteiger partial charge in [0, 0.05) is 23.6 Å². The Morgan fingerprint density at radius 3 is 2.38 bits per heavy atom. The number of rotatable bonds is 2. The molecular formula is C5H5N5O2S. The topological polar surface area (TPSA) is 109 Å². The molecule has 0 aliphatic carbocycles. The van der Waals surface area contributed by atoms with E-state index < -0.39 is 9.84 Å². The molecule has 8 heteroatoms. The Morgan fingerprint density at radius 2 is 2.00 bits per heavy atom. The standard InChI is InChI=1S/C5H5N5O2S/c1-13(11,12)5-7-2-4(3-8-5)9-10-6/h2-3H,1H3. The minimum Gasteiger partial charge on any atom is -0.226 e. The molecule has 0 atom stereocenters. The normalized spacial score (nSPS) is 10.5. The molecule has 0 bridgehead atoms. The van der Waals surface area contributed by atoms with Gasteiger partial charge in [0.2, 0.25) is 15.0 Å². The van der Waals surface area contributed by atoms with Gasteiger partial charge in [0.15, 0.2) is 0 Å². The lowest BCUT2D eigenvalue weighted by Crippen LogP contribution is -2.02. The van der Waals surface area contributed by atoms with Crippen LogP contribution >= 0.6 is 0 Å². The molecule has 1 aromatic heterocycles. The molecule has 13 heavy (non-hydrogen) atoms. The zero-order valence-electron chi connectivity index (χ0n) is 6.62. The predicted molar refractivity (Wildman–Crippen MR) is 43.9 cm³/mol. The molecule has 7 nitrogen and oxygen atoms in total. The number of hydrogen-bond donors (Lipinski definition) is 0. The van der Waals surface area contributed by atoms with Crippen molar-refractivity contribution in [3.63, 3.8) is 0 Å². The molecule has 0 saturated carbocycles. The smallest absolute Gasteiger partial charge is 0.226 e. The first-order chi connectivity index (χ1) is 6.04. The Labute approximate surface area is 74.0 Å². The second-order valence-corrected chi connectivity index (χ2v) is 4.09. The molecule has 0 aromatic carbocycles. The summed E-state index contributed by atoms with van der Waals surface area (Å²) in [6, 6.07) is 0. The maximum atomic E-state index is 10.9. The largest absolute Gasteiger partial charge is 0.246 e. The monoisotopic (exact) mass is 199 g/mol. The molecule has 1 rings (SSSR count). The second-order valence-electron chi connectivity index (χ2n) is 2.19. The molecule has 0 unspecified atom stereocenters. The number of hydrogen-bond acceptors (Lipinski definition) is 5. The van der Waals surface area contributed by atoms with Crippen molar-refractivity contribution in [1.29, 1.82) is 0 Å². The fraction of sp³-hybridized carbons (Fsp3) is 0.200. The van der Waals surface area contributed by atoms with E-state index in [1.165, 1.54) is 0 Å². The summed E-state index contributed by atoms with van der Waals surface area (Å²) in [5, 5.41) is 2.90. The van der Waals surface area contributed by atoms with Crippen LogP contribution in [0.4, 0.5) is 5.69 Å². The van der Waals surface area contributed by atoms with E-state index in [-0.39, 0.29) is 10.8 Å². The Bertz CT molecular complexity index is 444. The van der Waals surface area contributed by atoms with E-state index in [1.807, 2.05) is 0 Å². The molecule has 0 saturated heterocycles. The minimum absolute atomic E-state index is 0.176. The number of azide groups is 1. The minimum atomic E-state index is -3.39. The Hall–Kier alpha value is -1.66. The highest BCUT2D eigenvalue weighted by Gasteiger charge is 2.09. The maximum absolute atomic E-state index is 10.9. The van der Waals surface area contributed by atoms with E-state index in [9.17, 15) is 8.42 Å². The summed E-state index contributed by atoms with van der Waals surface area (Å²) >= 11 is 0. The van der Waals surface area contributed by atoms with Gasteiger partial charge in [-0.3, -0.25) is 0 Å². The Kier molecular flexibility index (Phi) is 2.45. The van der Waals surface area contributed by atoms with Crippen LogP contribution in [0.3, 0.4) is 0 Å². The molecule has 0 spiro atoms. The summed E-state index contributed by atoms with van der Waals surface area (Å²) in [6.45, 7) is 0. The van der Waals surface area contributed by atoms with Crippen molar-refractivity contribution in [3.05, 3.63) is 22.8 Å². The SMILES string of the molecule is CS(=O)(=O)c1ncc(N=[N+]=[N-])cn1. The third kappa shape index (κ3) is 2.39. The van der Waals surface area contributed by atoms with E-state index in [0.29, 0.717) is 0 Å². The quantitative estimate of drug-likeness (QED) is 0.304. The van der Waals surface area contributed by atoms with Gasteiger partial charge in [0.05, 0.1) is 5.69 Å². The van der Waals surface area contributed by atoms with Crippen molar-refractivity contribution in [2.24, 2.45) is 5.11 Å². The van der Waals surface area contributed by atoms with Crippen LogP contribution in [0.15, 0.2) is 22.7 Å². The zero-order valence-corrected chi connectivity index (χ0v) is 7.43. The summed E-state index contributed by atoms with van der Waals surface area (Å²) in [6.07, 6.45) is 3.28. The van der Waals surface area contributed by atoms with Crippen LogP contribution in [0.25, 0.3) is 10.4 Å². The van der Waals surface area contributed by atoms with Crippen LogP contribution in [0, 0.1) is 0 Å². The molecule has 68 valence electrons. The third-order valence-electron chi connectivity index (χ3n) is 1.11. The highest BCUT2D eigenvalue weighted by atomic mass is 32.2. The third-order valence-corrected chi connectivity index (χ3v) is 1.98. The number of nitrogens with zero attached hydrogens (tertiary/aromatic N) is 5. The van der Waals surface area contributed by atoms with Gasteiger partial charge in [-0.15, -0.1) is 0 Å². The van der Waals surface area contributed by atoms with E-state index >= 15 is 0 Å². The average molecular weight is 199 g/mol. The van der Waals surface area contributed by atoms with Gasteiger partial charge in [-0.05, 0) is 5.53 Å². The van der Waals surface area contributed by atoms with Crippen molar-refractivity contribution >= 4 is 15.5 Å². The van der Waals surface area contributed by atoms with Gasteiger partial charge in [-0.2, -0.15) is 0 Å². The number of sulfone groups is 1. The summed E-state index contributed by atoms with van der Waals surface area (Å²) in [7, 11) is -3.39. The van der Waals surface area contributed by atoms with Crippen LogP contribution in [0.1, 0.15) is 0 Å². The van der Waals surface area contributed by atoms with Crippen molar-refractivity contribution in [2.75, 3.05) is 6.26 Å². The first-order valence-corrected chi connectivity index (χ1v) is 5.00. The molecule has 0 N–H and O–H groups in total. The summed E-state index contributed by atoms with van der Waals surface area (Å²) in [5.74, 6) is 0. The molecule has 0 radical (unpaired) electrons. The molecule has 1 heterocycles. The van der Waals surface area contributed by atoms with Crippen LogP contribution in [0.5, 0.6) is 0 Å². The lowest BCUT2D eigenvalue weighted by atomic mass is 10.6. The van der Waals surface area contributed by atoms with Gasteiger partial charge in [0.25, 0.3) is 0 Å². The van der Waals surface area contributed by atoms with Crippen LogP contribution in [-0.2, 0) is 9.84 Å². The van der Waals surface area contributed by atoms with E-state index in [2.05, 4.69) is 20.0 Å². The van der Waals surface area contributed by atoms with Crippen molar-refractivity contribution in [2.45, 2.75) is 5.16 Å². The van der Waals surface area contributed by atoms with Gasteiger partial charge in [-0.1, -0.05) is 5.11 Å². The Balaban J connectivity index is 3.15. The zero-order chi connectivity index (χ0) is 9.90. The molecule has 0 aliphatic heterocycles. The molecule has 0 fully saturated rings. The highest BCUT2D eigenvalue weighted by molar-refractivity contribution is 7.90. The molecule has 0 aliphatic rings. The lowest BCUT2D eigenvalue weighted by Gasteiger charge is -1.94. The van der Waals surface area contributed by atoms with Crippen molar-refractivity contribution in [3.8, 4) is 0 Å². The van der Waals surface area contributed by atoms with Crippen molar-refractivity contribution < 1.29 is 8.42 Å². The van der Waals surface area contributed by atoms with Gasteiger partial charge in [-0.25, -0.2) is 18.4 Å². The lowest BCUT2D eigenvalue weighted by molar-refractivity contribution is 0.593. The second kappa shape index (κ2) is 3.38. The van der Waals surface area contributed by atoms with E-state index in [1.54, 1.807) is 0 Å². The summed E-state index contributed by atoms with van der Waals surface area (Å²) < 4.78 is 21.7. The Morgan fingerprint density at radius 1 is 1.46 bits per heavy atom. The highest BCUT2D eigenvalue weighted by Crippen LogP contribution is 2.09. The predicted octanol–water partition coefficient (Wildman–Crippen LogP) is 0.822. The fourth-order valence-corrected chi connectivity index (χ4v) is 1.09. The summed E-state index contributed by atoms with van der Waals surface area (Å²) in [4.78, 5) is 9.50. The van der Waals surface area contributed by atoms with E-state index in [4.69, 9.17) is 5.53 Å². The fourth-order valence-electron chi connectivity index (χ4n) is 0.604. The molecule has 0 amide bonds. The molecular weight excluding hydrogens is 194 g/mol. The first-order valence-electron chi connectivity index (χ1n) is 3.11. The molecule has 1 aromatic rings. The van der Waals surface area contributed by atoms with Gasteiger partial charge < -0.3 is 0 Å². The van der Waals surface area contributed by atoms with Gasteiger partial charge in [0.1, 0.15) is 0 Å². The number of aromatic nitrogens is 2. The average Bonchev–Trinajstić information content (AvgIpc) is 2.04. The van der Waals surface area contributed by atoms with E-state index in [0.717, 1.165) is 18.6 Å². The summed E-state index contributed by atoms with van der Waals surface area (Å²) in [5.41, 5.74) is 8.21. The van der Waals surface area contributed by atoms with Crippen molar-refractivity contribution in [1.82, 2.24) is 9.97 Å². The first kappa shape index (κ1) is 9.43. The maximum Gasteiger partial charge on any atom is 0.246 e.